The minimum Gasteiger partial charge on any atom is -0.471 e. The molecule has 63 heavy (non-hydrogen) atoms. The number of imide groups is 1. The average molecular weight is 905 g/mol. The summed E-state index contributed by atoms with van der Waals surface area (Å²) in [7, 11) is -5.85. The van der Waals surface area contributed by atoms with Crippen LogP contribution in [0.15, 0.2) is 60.7 Å². The Morgan fingerprint density at radius 2 is 1.30 bits per heavy atom. The van der Waals surface area contributed by atoms with Crippen molar-refractivity contribution < 1.29 is 41.5 Å². The molecule has 3 atom stereocenters. The monoisotopic (exact) mass is 904 g/mol. The first-order chi connectivity index (χ1) is 29.5. The number of hydrogen-bond donors (Lipinski definition) is 1. The van der Waals surface area contributed by atoms with Crippen LogP contribution in [0, 0.1) is 0 Å². The highest BCUT2D eigenvalue weighted by Crippen LogP contribution is 2.49. The van der Waals surface area contributed by atoms with Crippen LogP contribution in [0.4, 0.5) is 21.5 Å². The van der Waals surface area contributed by atoms with Crippen LogP contribution in [0.1, 0.15) is 121 Å². The maximum Gasteiger partial charge on any atom is 0.427 e. The highest BCUT2D eigenvalue weighted by molar-refractivity contribution is 6.84. The summed E-state index contributed by atoms with van der Waals surface area (Å²) < 4.78 is 48.9. The average Bonchev–Trinajstić information content (AvgIpc) is 3.75. The van der Waals surface area contributed by atoms with Crippen molar-refractivity contribution in [3.63, 3.8) is 0 Å². The molecular weight excluding hydrogens is 837 g/mol. The number of imidazole rings is 1. The number of rotatable bonds is 12. The molecule has 2 saturated heterocycles. The molecule has 4 heterocycles. The third-order valence-electron chi connectivity index (χ3n) is 11.2. The Bertz CT molecular complexity index is 2150. The summed E-state index contributed by atoms with van der Waals surface area (Å²) in [4.78, 5) is 43.6. The van der Waals surface area contributed by atoms with Crippen LogP contribution in [0.25, 0.3) is 11.2 Å². The van der Waals surface area contributed by atoms with Crippen molar-refractivity contribution in [1.82, 2.24) is 19.5 Å². The van der Waals surface area contributed by atoms with E-state index in [1.54, 1.807) is 41.5 Å². The van der Waals surface area contributed by atoms with Gasteiger partial charge < -0.3 is 37.2 Å². The van der Waals surface area contributed by atoms with Crippen molar-refractivity contribution in [2.24, 2.45) is 0 Å². The fourth-order valence-electron chi connectivity index (χ4n) is 8.19. The van der Waals surface area contributed by atoms with E-state index in [1.807, 2.05) is 65.2 Å². The molecule has 2 fully saturated rings. The number of nitrogens with one attached hydrogen (secondary N) is 1. The number of anilines is 2. The van der Waals surface area contributed by atoms with Crippen LogP contribution in [0.2, 0.25) is 22.2 Å². The zero-order valence-corrected chi connectivity index (χ0v) is 41.6. The van der Waals surface area contributed by atoms with E-state index in [0.29, 0.717) is 23.8 Å². The number of fused-ring (bicyclic) bond motifs is 2. The van der Waals surface area contributed by atoms with Crippen molar-refractivity contribution in [3.05, 3.63) is 71.8 Å². The molecule has 0 spiro atoms. The van der Waals surface area contributed by atoms with Gasteiger partial charge in [-0.15, -0.1) is 4.90 Å². The summed E-state index contributed by atoms with van der Waals surface area (Å²) >= 11 is 0. The predicted octanol–water partition coefficient (Wildman–Crippen LogP) is 10.9. The molecule has 0 bridgehead atoms. The summed E-state index contributed by atoms with van der Waals surface area (Å²) in [6.07, 6.45) is -3.20. The summed E-state index contributed by atoms with van der Waals surface area (Å²) in [6, 6.07) is 19.6. The lowest BCUT2D eigenvalue weighted by molar-refractivity contribution is -0.0539. The molecule has 6 rings (SSSR count). The minimum atomic E-state index is -2.99. The lowest BCUT2D eigenvalue weighted by Crippen LogP contribution is -2.65. The number of nitrogens with zero attached hydrogens (tertiary/aromatic N) is 5. The van der Waals surface area contributed by atoms with Crippen LogP contribution >= 0.6 is 0 Å². The zero-order valence-electron chi connectivity index (χ0n) is 39.6. The molecule has 0 radical (unpaired) electrons. The molecule has 2 aliphatic rings. The topological polar surface area (TPSA) is 158 Å². The Kier molecular flexibility index (Phi) is 14.5. The second-order valence-corrected chi connectivity index (χ2v) is 28.6. The maximum atomic E-state index is 14.1. The van der Waals surface area contributed by atoms with Gasteiger partial charge >= 0.3 is 29.3 Å². The Morgan fingerprint density at radius 3 is 1.83 bits per heavy atom. The summed E-state index contributed by atoms with van der Waals surface area (Å²) in [5, 5.41) is 3.53. The summed E-state index contributed by atoms with van der Waals surface area (Å²) in [5.74, 6) is 0.120. The van der Waals surface area contributed by atoms with Crippen LogP contribution in [0.5, 0.6) is 5.88 Å². The molecule has 1 N–H and O–H groups in total. The smallest absolute Gasteiger partial charge is 0.427 e. The van der Waals surface area contributed by atoms with Gasteiger partial charge in [-0.25, -0.2) is 14.6 Å². The summed E-state index contributed by atoms with van der Waals surface area (Å²) in [5.41, 5.74) is 1.02. The standard InChI is InChI=1S/C46H68N6O9Si2/c1-29(2)62(30(3)4)56-28-36-35(60-63(61-62,31(5)6)32(7)8)25-37(57-36)51-39-38(48-41(51)47-26-33-21-17-15-18-22-33)40(55-27-34-23-19-16-20-24-34)50-42(49-39)52(43(53)58-45(9,10)11)44(54)59-46(12,13)14/h15-24,29-32,35-37H,25-28H2,1-14H3,(H,47,48)/t35-,36+,37+/m0/s1. The quantitative estimate of drug-likeness (QED) is 0.134. The van der Waals surface area contributed by atoms with Crippen LogP contribution < -0.4 is 15.0 Å². The number of benzene rings is 2. The van der Waals surface area contributed by atoms with Crippen LogP contribution in [-0.4, -0.2) is 78.8 Å². The maximum absolute atomic E-state index is 14.1. The fraction of sp³-hybridized carbons (Fsp3) is 0.587. The van der Waals surface area contributed by atoms with E-state index in [4.69, 9.17) is 46.9 Å². The number of amides is 2. The van der Waals surface area contributed by atoms with Crippen molar-refractivity contribution in [3.8, 4) is 5.88 Å². The number of hydrogen-bond acceptors (Lipinski definition) is 13. The third-order valence-corrected chi connectivity index (χ3v) is 21.5. The first-order valence-corrected chi connectivity index (χ1v) is 26.2. The molecule has 2 aliphatic heterocycles. The second-order valence-electron chi connectivity index (χ2n) is 19.7. The Balaban J connectivity index is 1.55. The molecule has 0 unspecified atom stereocenters. The molecule has 2 amide bonds. The number of carbonyl (C=O) groups excluding carboxylic acids is 2. The third kappa shape index (κ3) is 10.8. The van der Waals surface area contributed by atoms with Crippen molar-refractivity contribution >= 4 is 52.4 Å². The lowest BCUT2D eigenvalue weighted by atomic mass is 10.2. The Morgan fingerprint density at radius 1 is 0.762 bits per heavy atom. The van der Waals surface area contributed by atoms with Gasteiger partial charge in [-0.05, 0) is 74.8 Å². The largest absolute Gasteiger partial charge is 0.471 e. The Hall–Kier alpha value is -4.40. The van der Waals surface area contributed by atoms with Gasteiger partial charge in [0.15, 0.2) is 11.2 Å². The fourth-order valence-corrected chi connectivity index (χ4v) is 19.4. The Labute approximate surface area is 375 Å². The van der Waals surface area contributed by atoms with E-state index in [1.165, 1.54) is 0 Å². The van der Waals surface area contributed by atoms with Crippen LogP contribution in [-0.2, 0) is 40.3 Å². The molecule has 2 aromatic heterocycles. The van der Waals surface area contributed by atoms with Crippen molar-refractivity contribution in [1.29, 1.82) is 0 Å². The normalized spacial score (nSPS) is 20.1. The molecule has 15 nitrogen and oxygen atoms in total. The SMILES string of the molecule is CC(C)[Si]1(C(C)C)OC[C@H]2O[C@@H](n3c(NCc4ccccc4)nc4c(OCc5ccccc5)nc(N(C(=O)OC(C)(C)C)C(=O)OC(C)(C)C)nc43)C[C@@H]2O[Si](C(C)C)(C(C)C)O1. The van der Waals surface area contributed by atoms with E-state index in [2.05, 4.69) is 60.7 Å². The van der Waals surface area contributed by atoms with Gasteiger partial charge in [0.05, 0.1) is 12.7 Å². The highest BCUT2D eigenvalue weighted by Gasteiger charge is 2.60. The zero-order chi connectivity index (χ0) is 46.1. The summed E-state index contributed by atoms with van der Waals surface area (Å²) in [6.45, 7) is 28.6. The van der Waals surface area contributed by atoms with Gasteiger partial charge in [-0.3, -0.25) is 4.57 Å². The van der Waals surface area contributed by atoms with Gasteiger partial charge in [0.2, 0.25) is 17.8 Å². The van der Waals surface area contributed by atoms with Gasteiger partial charge in [-0.2, -0.15) is 9.97 Å². The molecule has 0 saturated carbocycles. The first-order valence-electron chi connectivity index (χ1n) is 22.2. The molecule has 0 aliphatic carbocycles. The first kappa shape index (κ1) is 48.1. The molecule has 344 valence electrons. The molecule has 4 aromatic rings. The van der Waals surface area contributed by atoms with E-state index < -0.39 is 58.9 Å². The van der Waals surface area contributed by atoms with Crippen LogP contribution in [0.3, 0.4) is 0 Å². The van der Waals surface area contributed by atoms with E-state index in [-0.39, 0.29) is 58.4 Å². The number of carbonyl (C=O) groups is 2. The molecule has 17 heteroatoms. The van der Waals surface area contributed by atoms with Gasteiger partial charge in [0, 0.05) is 13.0 Å². The minimum absolute atomic E-state index is 0.0326. The van der Waals surface area contributed by atoms with Gasteiger partial charge in [0.1, 0.15) is 30.1 Å². The van der Waals surface area contributed by atoms with E-state index in [0.717, 1.165) is 11.1 Å². The van der Waals surface area contributed by atoms with Crippen molar-refractivity contribution in [2.75, 3.05) is 16.8 Å². The van der Waals surface area contributed by atoms with Crippen molar-refractivity contribution in [2.45, 2.75) is 168 Å². The molecular formula is C46H68N6O9Si2. The highest BCUT2D eigenvalue weighted by atomic mass is 28.5. The van der Waals surface area contributed by atoms with Gasteiger partial charge in [0.25, 0.3) is 0 Å². The second kappa shape index (κ2) is 19.0. The van der Waals surface area contributed by atoms with Gasteiger partial charge in [-0.1, -0.05) is 116 Å². The number of aromatic nitrogens is 4. The number of ether oxygens (including phenoxy) is 4. The lowest BCUT2D eigenvalue weighted by Gasteiger charge is -2.51. The predicted molar refractivity (Wildman–Crippen MR) is 247 cm³/mol. The van der Waals surface area contributed by atoms with E-state index in [9.17, 15) is 9.59 Å². The van der Waals surface area contributed by atoms with E-state index >= 15 is 0 Å². The molecule has 2 aromatic carbocycles.